The Bertz CT molecular complexity index is 1250. The van der Waals surface area contributed by atoms with Gasteiger partial charge in [0.1, 0.15) is 22.9 Å². The molecule has 5 N–H and O–H groups in total. The zero-order valence-corrected chi connectivity index (χ0v) is 14.9. The van der Waals surface area contributed by atoms with Gasteiger partial charge in [-0.15, -0.1) is 0 Å². The van der Waals surface area contributed by atoms with Crippen LogP contribution in [0.25, 0.3) is 11.4 Å². The Kier molecular flexibility index (Phi) is 4.54. The first-order chi connectivity index (χ1) is 14.0. The second kappa shape index (κ2) is 7.31. The van der Waals surface area contributed by atoms with E-state index in [1.54, 1.807) is 42.7 Å². The van der Waals surface area contributed by atoms with Crippen LogP contribution in [0.5, 0.6) is 11.5 Å². The van der Waals surface area contributed by atoms with Crippen LogP contribution in [-0.2, 0) is 0 Å². The lowest BCUT2D eigenvalue weighted by molar-refractivity contribution is 0.475. The number of hydrogen-bond acceptors (Lipinski definition) is 9. The van der Waals surface area contributed by atoms with Crippen molar-refractivity contribution in [2.45, 2.75) is 0 Å². The maximum atomic E-state index is 12.0. The van der Waals surface area contributed by atoms with Gasteiger partial charge in [-0.1, -0.05) is 6.07 Å². The molecule has 0 atom stereocenters. The summed E-state index contributed by atoms with van der Waals surface area (Å²) in [5.41, 5.74) is 5.59. The molecule has 0 fully saturated rings. The molecule has 0 saturated heterocycles. The molecule has 144 valence electrons. The van der Waals surface area contributed by atoms with E-state index < -0.39 is 10.9 Å². The van der Waals surface area contributed by atoms with E-state index in [1.165, 1.54) is 18.2 Å². The third-order valence-electron chi connectivity index (χ3n) is 4.16. The van der Waals surface area contributed by atoms with Crippen molar-refractivity contribution in [3.63, 3.8) is 0 Å². The third kappa shape index (κ3) is 3.56. The summed E-state index contributed by atoms with van der Waals surface area (Å²) in [6, 6.07) is 12.5. The molecule has 0 saturated carbocycles. The number of hydrogen-bond donors (Lipinski definition) is 5. The highest BCUT2D eigenvalue weighted by Gasteiger charge is 2.21. The zero-order chi connectivity index (χ0) is 20.4. The average molecular weight is 389 g/mol. The van der Waals surface area contributed by atoms with Crippen molar-refractivity contribution in [3.05, 3.63) is 81.4 Å². The van der Waals surface area contributed by atoms with E-state index in [2.05, 4.69) is 26.1 Å². The first kappa shape index (κ1) is 18.0. The fourth-order valence-electron chi connectivity index (χ4n) is 2.72. The maximum Gasteiger partial charge on any atom is 0.255 e. The molecule has 0 amide bonds. The lowest BCUT2D eigenvalue weighted by Crippen LogP contribution is -2.37. The van der Waals surface area contributed by atoms with Gasteiger partial charge < -0.3 is 21.0 Å². The Hall–Kier alpha value is -4.40. The van der Waals surface area contributed by atoms with Gasteiger partial charge in [0.05, 0.1) is 11.3 Å². The fourth-order valence-corrected chi connectivity index (χ4v) is 2.72. The molecule has 0 bridgehead atoms. The van der Waals surface area contributed by atoms with Crippen molar-refractivity contribution in [3.8, 4) is 22.9 Å². The highest BCUT2D eigenvalue weighted by molar-refractivity contribution is 5.81. The van der Waals surface area contributed by atoms with Crippen LogP contribution in [0.2, 0.25) is 0 Å². The van der Waals surface area contributed by atoms with Gasteiger partial charge in [-0.25, -0.2) is 9.97 Å². The number of phenolic OH excluding ortho intramolecular Hbond substituents is 2. The fraction of sp³-hybridized carbons (Fsp3) is 0. The van der Waals surface area contributed by atoms with Gasteiger partial charge in [-0.2, -0.15) is 0 Å². The Morgan fingerprint density at radius 3 is 2.28 bits per heavy atom. The molecule has 0 spiro atoms. The predicted octanol–water partition coefficient (Wildman–Crippen LogP) is 2.33. The number of nitrogens with one attached hydrogen (secondary N) is 3. The Morgan fingerprint density at radius 2 is 1.52 bits per heavy atom. The summed E-state index contributed by atoms with van der Waals surface area (Å²) in [5, 5.41) is 22.5. The monoisotopic (exact) mass is 389 g/mol. The minimum absolute atomic E-state index is 0.0179. The number of rotatable bonds is 6. The molecule has 0 unspecified atom stereocenters. The number of hydrazine groups is 1. The molecule has 4 aromatic rings. The van der Waals surface area contributed by atoms with Crippen LogP contribution in [-0.4, -0.2) is 20.2 Å². The zero-order valence-electron chi connectivity index (χ0n) is 14.9. The minimum Gasteiger partial charge on any atom is -0.508 e. The second-order valence-corrected chi connectivity index (χ2v) is 6.14. The molecule has 3 aromatic carbocycles. The molecule has 9 heteroatoms. The van der Waals surface area contributed by atoms with Crippen LogP contribution in [0, 0.1) is 0 Å². The lowest BCUT2D eigenvalue weighted by atomic mass is 10.1. The van der Waals surface area contributed by atoms with Crippen molar-refractivity contribution >= 4 is 22.7 Å². The summed E-state index contributed by atoms with van der Waals surface area (Å²) >= 11 is 0. The number of benzene rings is 2. The summed E-state index contributed by atoms with van der Waals surface area (Å²) in [6.07, 6.45) is 3.10. The highest BCUT2D eigenvalue weighted by Crippen LogP contribution is 2.31. The van der Waals surface area contributed by atoms with Crippen molar-refractivity contribution in [1.82, 2.24) is 9.97 Å². The SMILES string of the molecule is O=c1c(NNc2cccc(O)c2)c(Nc2ccc(O)c(-c3ncccn3)c2)c1=O. The molecule has 1 heterocycles. The summed E-state index contributed by atoms with van der Waals surface area (Å²) in [6.45, 7) is 0. The van der Waals surface area contributed by atoms with E-state index in [-0.39, 0.29) is 22.9 Å². The van der Waals surface area contributed by atoms with Gasteiger partial charge in [0.2, 0.25) is 0 Å². The molecule has 0 aliphatic heterocycles. The third-order valence-corrected chi connectivity index (χ3v) is 4.16. The molecule has 9 nitrogen and oxygen atoms in total. The summed E-state index contributed by atoms with van der Waals surface area (Å²) in [5.74, 6) is 0.359. The average Bonchev–Trinajstić information content (AvgIpc) is 2.74. The first-order valence-electron chi connectivity index (χ1n) is 8.55. The molecule has 1 aromatic heterocycles. The van der Waals surface area contributed by atoms with Gasteiger partial charge >= 0.3 is 0 Å². The molecule has 29 heavy (non-hydrogen) atoms. The van der Waals surface area contributed by atoms with Crippen LogP contribution in [0.4, 0.5) is 22.7 Å². The molecule has 4 rings (SSSR count). The summed E-state index contributed by atoms with van der Waals surface area (Å²) in [4.78, 5) is 32.1. The van der Waals surface area contributed by atoms with Gasteiger partial charge in [0.25, 0.3) is 10.9 Å². The number of nitrogens with zero attached hydrogens (tertiary/aromatic N) is 2. The van der Waals surface area contributed by atoms with Crippen LogP contribution in [0.3, 0.4) is 0 Å². The van der Waals surface area contributed by atoms with E-state index in [4.69, 9.17) is 0 Å². The molecule has 0 aliphatic carbocycles. The standard InChI is InChI=1S/C20H15N5O4/c26-13-4-1-3-12(9-13)24-25-17-16(18(28)19(17)29)23-11-5-6-15(27)14(10-11)20-21-7-2-8-22-20/h1-10,23-27H. The maximum absolute atomic E-state index is 12.0. The van der Waals surface area contributed by atoms with Crippen LogP contribution >= 0.6 is 0 Å². The van der Waals surface area contributed by atoms with E-state index >= 15 is 0 Å². The van der Waals surface area contributed by atoms with Gasteiger partial charge in [-0.3, -0.25) is 15.0 Å². The highest BCUT2D eigenvalue weighted by atomic mass is 16.3. The molecule has 0 aliphatic rings. The van der Waals surface area contributed by atoms with Crippen molar-refractivity contribution in [1.29, 1.82) is 0 Å². The lowest BCUT2D eigenvalue weighted by Gasteiger charge is -2.16. The van der Waals surface area contributed by atoms with Crippen molar-refractivity contribution < 1.29 is 10.2 Å². The van der Waals surface area contributed by atoms with Crippen molar-refractivity contribution in [2.24, 2.45) is 0 Å². The van der Waals surface area contributed by atoms with Gasteiger partial charge in [-0.05, 0) is 36.4 Å². The molecular formula is C20H15N5O4. The van der Waals surface area contributed by atoms with Gasteiger partial charge in [0, 0.05) is 24.1 Å². The Labute approximate surface area is 164 Å². The topological polar surface area (TPSA) is 136 Å². The Morgan fingerprint density at radius 1 is 0.759 bits per heavy atom. The normalized spacial score (nSPS) is 10.6. The van der Waals surface area contributed by atoms with Crippen LogP contribution in [0.15, 0.2) is 70.5 Å². The Balaban J connectivity index is 1.57. The quantitative estimate of drug-likeness (QED) is 0.191. The second-order valence-electron chi connectivity index (χ2n) is 6.14. The van der Waals surface area contributed by atoms with E-state index in [1.807, 2.05) is 0 Å². The minimum atomic E-state index is -0.675. The van der Waals surface area contributed by atoms with Crippen LogP contribution < -0.4 is 27.0 Å². The van der Waals surface area contributed by atoms with Crippen LogP contribution in [0.1, 0.15) is 0 Å². The smallest absolute Gasteiger partial charge is 0.255 e. The van der Waals surface area contributed by atoms with E-state index in [9.17, 15) is 19.8 Å². The van der Waals surface area contributed by atoms with Crippen molar-refractivity contribution in [2.75, 3.05) is 16.2 Å². The predicted molar refractivity (Wildman–Crippen MR) is 109 cm³/mol. The largest absolute Gasteiger partial charge is 0.508 e. The van der Waals surface area contributed by atoms with E-state index in [0.717, 1.165) is 0 Å². The summed E-state index contributed by atoms with van der Waals surface area (Å²) in [7, 11) is 0. The number of aromatic hydroxyl groups is 2. The number of aromatic nitrogens is 2. The number of phenols is 2. The molecular weight excluding hydrogens is 374 g/mol. The van der Waals surface area contributed by atoms with E-state index in [0.29, 0.717) is 22.8 Å². The van der Waals surface area contributed by atoms with Gasteiger partial charge in [0.15, 0.2) is 5.82 Å². The molecule has 0 radical (unpaired) electrons. The summed E-state index contributed by atoms with van der Waals surface area (Å²) < 4.78 is 0. The first-order valence-corrected chi connectivity index (χ1v) is 8.55. The number of anilines is 4.